The quantitative estimate of drug-likeness (QED) is 0.480. The first-order valence-corrected chi connectivity index (χ1v) is 13.3. The van der Waals surface area contributed by atoms with Crippen molar-refractivity contribution in [3.8, 4) is 0 Å². The number of hydrogen-bond donors (Lipinski definition) is 1. The number of piperidine rings is 1. The molecule has 2 heterocycles. The van der Waals surface area contributed by atoms with Crippen LogP contribution in [-0.2, 0) is 22.6 Å². The van der Waals surface area contributed by atoms with E-state index in [2.05, 4.69) is 11.4 Å². The van der Waals surface area contributed by atoms with Gasteiger partial charge < -0.3 is 19.9 Å². The number of benzene rings is 3. The van der Waals surface area contributed by atoms with Gasteiger partial charge in [0.15, 0.2) is 0 Å². The molecule has 1 N–H and O–H groups in total. The van der Waals surface area contributed by atoms with E-state index in [9.17, 15) is 14.4 Å². The van der Waals surface area contributed by atoms with Crippen LogP contribution in [0, 0.1) is 5.92 Å². The van der Waals surface area contributed by atoms with Gasteiger partial charge in [-0.25, -0.2) is 4.79 Å². The number of carbonyl (C=O) groups is 3. The van der Waals surface area contributed by atoms with Crippen LogP contribution in [0.1, 0.15) is 47.2 Å². The van der Waals surface area contributed by atoms with E-state index in [0.29, 0.717) is 43.7 Å². The smallest absolute Gasteiger partial charge is 0.410 e. The first-order valence-electron chi connectivity index (χ1n) is 13.3. The lowest BCUT2D eigenvalue weighted by Gasteiger charge is -2.30. The van der Waals surface area contributed by atoms with Gasteiger partial charge in [-0.2, -0.15) is 0 Å². The minimum absolute atomic E-state index is 0.0243. The van der Waals surface area contributed by atoms with Crippen molar-refractivity contribution in [2.24, 2.45) is 5.92 Å². The predicted molar refractivity (Wildman–Crippen MR) is 147 cm³/mol. The second-order valence-electron chi connectivity index (χ2n) is 9.91. The number of amides is 3. The van der Waals surface area contributed by atoms with Gasteiger partial charge in [-0.1, -0.05) is 48.5 Å². The normalized spacial score (nSPS) is 15.8. The van der Waals surface area contributed by atoms with E-state index in [1.165, 1.54) is 5.56 Å². The number of anilines is 2. The average Bonchev–Trinajstić information content (AvgIpc) is 3.19. The van der Waals surface area contributed by atoms with Gasteiger partial charge in [0, 0.05) is 42.5 Å². The maximum absolute atomic E-state index is 13.3. The molecule has 1 saturated heterocycles. The van der Waals surface area contributed by atoms with Crippen LogP contribution in [0.5, 0.6) is 0 Å². The number of para-hydroxylation sites is 1. The second-order valence-corrected chi connectivity index (χ2v) is 9.91. The standard InChI is InChI=1S/C31H33N3O4/c35-29(25-17-20-33(21-18-25)31(37)38-22-23-8-2-1-3-9-23)32-27-15-13-26(14-16-27)30(36)34-19-7-6-11-24-10-4-5-12-28(24)34/h1-5,8-10,12-16,25H,6-7,11,17-22H2,(H,32,35). The number of hydrogen-bond acceptors (Lipinski definition) is 4. The van der Waals surface area contributed by atoms with E-state index in [-0.39, 0.29) is 30.4 Å². The van der Waals surface area contributed by atoms with Crippen molar-refractivity contribution in [1.29, 1.82) is 0 Å². The van der Waals surface area contributed by atoms with Gasteiger partial charge in [0.1, 0.15) is 6.61 Å². The summed E-state index contributed by atoms with van der Waals surface area (Å²) in [5.41, 5.74) is 4.40. The van der Waals surface area contributed by atoms with E-state index in [0.717, 1.165) is 30.5 Å². The lowest BCUT2D eigenvalue weighted by Crippen LogP contribution is -2.41. The molecule has 0 aliphatic carbocycles. The maximum atomic E-state index is 13.3. The van der Waals surface area contributed by atoms with Gasteiger partial charge in [-0.3, -0.25) is 9.59 Å². The maximum Gasteiger partial charge on any atom is 0.410 e. The largest absolute Gasteiger partial charge is 0.445 e. The third kappa shape index (κ3) is 6.05. The fourth-order valence-corrected chi connectivity index (χ4v) is 5.13. The van der Waals surface area contributed by atoms with E-state index in [4.69, 9.17) is 4.74 Å². The molecule has 0 saturated carbocycles. The van der Waals surface area contributed by atoms with E-state index in [1.54, 1.807) is 29.2 Å². The van der Waals surface area contributed by atoms with Crippen LogP contribution < -0.4 is 10.2 Å². The van der Waals surface area contributed by atoms with Gasteiger partial charge in [0.05, 0.1) is 0 Å². The lowest BCUT2D eigenvalue weighted by atomic mass is 9.96. The molecule has 0 aromatic heterocycles. The molecule has 5 rings (SSSR count). The monoisotopic (exact) mass is 511 g/mol. The van der Waals surface area contributed by atoms with Crippen molar-refractivity contribution >= 4 is 29.3 Å². The molecule has 3 amide bonds. The number of fused-ring (bicyclic) bond motifs is 1. The Morgan fingerprint density at radius 3 is 2.29 bits per heavy atom. The van der Waals surface area contributed by atoms with Gasteiger partial charge in [0.25, 0.3) is 5.91 Å². The fraction of sp³-hybridized carbons (Fsp3) is 0.323. The number of nitrogens with zero attached hydrogens (tertiary/aromatic N) is 2. The average molecular weight is 512 g/mol. The zero-order valence-electron chi connectivity index (χ0n) is 21.5. The molecule has 2 aliphatic rings. The minimum atomic E-state index is -0.347. The molecule has 3 aromatic carbocycles. The summed E-state index contributed by atoms with van der Waals surface area (Å²) in [6, 6.07) is 24.8. The van der Waals surface area contributed by atoms with Gasteiger partial charge >= 0.3 is 6.09 Å². The summed E-state index contributed by atoms with van der Waals surface area (Å²) in [4.78, 5) is 42.1. The highest BCUT2D eigenvalue weighted by molar-refractivity contribution is 6.07. The summed E-state index contributed by atoms with van der Waals surface area (Å²) in [6.45, 7) is 1.91. The molecule has 2 aliphatic heterocycles. The van der Waals surface area contributed by atoms with Crippen LogP contribution in [0.25, 0.3) is 0 Å². The summed E-state index contributed by atoms with van der Waals surface area (Å²) in [7, 11) is 0. The predicted octanol–water partition coefficient (Wildman–Crippen LogP) is 5.66. The van der Waals surface area contributed by atoms with Crippen LogP contribution in [0.3, 0.4) is 0 Å². The molecule has 0 bridgehead atoms. The van der Waals surface area contributed by atoms with Crippen molar-refractivity contribution in [1.82, 2.24) is 4.90 Å². The number of aryl methyl sites for hydroxylation is 1. The van der Waals surface area contributed by atoms with Crippen LogP contribution in [0.15, 0.2) is 78.9 Å². The molecule has 0 atom stereocenters. The third-order valence-electron chi connectivity index (χ3n) is 7.33. The first-order chi connectivity index (χ1) is 18.6. The number of rotatable bonds is 5. The summed E-state index contributed by atoms with van der Waals surface area (Å²) in [5.74, 6) is -0.269. The van der Waals surface area contributed by atoms with Crippen LogP contribution in [-0.4, -0.2) is 42.4 Å². The van der Waals surface area contributed by atoms with E-state index < -0.39 is 0 Å². The summed E-state index contributed by atoms with van der Waals surface area (Å²) in [6.07, 6.45) is 3.84. The second kappa shape index (κ2) is 11.9. The lowest BCUT2D eigenvalue weighted by molar-refractivity contribution is -0.121. The molecular weight excluding hydrogens is 478 g/mol. The Morgan fingerprint density at radius 2 is 1.53 bits per heavy atom. The highest BCUT2D eigenvalue weighted by Gasteiger charge is 2.28. The highest BCUT2D eigenvalue weighted by atomic mass is 16.6. The minimum Gasteiger partial charge on any atom is -0.445 e. The Morgan fingerprint density at radius 1 is 0.816 bits per heavy atom. The topological polar surface area (TPSA) is 79.0 Å². The van der Waals surface area contributed by atoms with Crippen molar-refractivity contribution in [3.05, 3.63) is 95.6 Å². The molecular formula is C31H33N3O4. The fourth-order valence-electron chi connectivity index (χ4n) is 5.13. The highest BCUT2D eigenvalue weighted by Crippen LogP contribution is 2.28. The van der Waals surface area contributed by atoms with Crippen molar-refractivity contribution in [3.63, 3.8) is 0 Å². The van der Waals surface area contributed by atoms with Gasteiger partial charge in [-0.05, 0) is 73.6 Å². The van der Waals surface area contributed by atoms with Crippen LogP contribution in [0.2, 0.25) is 0 Å². The Balaban J connectivity index is 1.12. The third-order valence-corrected chi connectivity index (χ3v) is 7.33. The van der Waals surface area contributed by atoms with Crippen molar-refractivity contribution in [2.45, 2.75) is 38.7 Å². The number of likely N-dealkylation sites (tertiary alicyclic amines) is 1. The Hall–Kier alpha value is -4.13. The zero-order chi connectivity index (χ0) is 26.3. The number of nitrogens with one attached hydrogen (secondary N) is 1. The van der Waals surface area contributed by atoms with E-state index in [1.807, 2.05) is 53.4 Å². The first kappa shape index (κ1) is 25.5. The Bertz CT molecular complexity index is 1270. The molecule has 196 valence electrons. The van der Waals surface area contributed by atoms with Crippen LogP contribution >= 0.6 is 0 Å². The summed E-state index contributed by atoms with van der Waals surface area (Å²) >= 11 is 0. The summed E-state index contributed by atoms with van der Waals surface area (Å²) < 4.78 is 5.42. The molecule has 1 fully saturated rings. The molecule has 0 spiro atoms. The molecule has 0 radical (unpaired) electrons. The van der Waals surface area contributed by atoms with Crippen molar-refractivity contribution < 1.29 is 19.1 Å². The molecule has 7 heteroatoms. The number of ether oxygens (including phenoxy) is 1. The van der Waals surface area contributed by atoms with Gasteiger partial charge in [-0.15, -0.1) is 0 Å². The Kier molecular flexibility index (Phi) is 8.02. The van der Waals surface area contributed by atoms with E-state index >= 15 is 0 Å². The van der Waals surface area contributed by atoms with Gasteiger partial charge in [0.2, 0.25) is 5.91 Å². The molecule has 38 heavy (non-hydrogen) atoms. The SMILES string of the molecule is O=C(Nc1ccc(C(=O)N2CCCCc3ccccc32)cc1)C1CCN(C(=O)OCc2ccccc2)CC1. The summed E-state index contributed by atoms with van der Waals surface area (Å²) in [5, 5.41) is 2.98. The molecule has 7 nitrogen and oxygen atoms in total. The zero-order valence-corrected chi connectivity index (χ0v) is 21.5. The Labute approximate surface area is 223 Å². The van der Waals surface area contributed by atoms with Crippen molar-refractivity contribution in [2.75, 3.05) is 29.9 Å². The number of carbonyl (C=O) groups excluding carboxylic acids is 3. The molecule has 0 unspecified atom stereocenters. The molecule has 3 aromatic rings. The van der Waals surface area contributed by atoms with Crippen LogP contribution in [0.4, 0.5) is 16.2 Å².